The fourth-order valence-electron chi connectivity index (χ4n) is 3.12. The van der Waals surface area contributed by atoms with Gasteiger partial charge in [0.25, 0.3) is 5.56 Å². The molecule has 2 N–H and O–H groups in total. The summed E-state index contributed by atoms with van der Waals surface area (Å²) in [6.07, 6.45) is 5.12. The van der Waals surface area contributed by atoms with Crippen molar-refractivity contribution in [3.05, 3.63) is 86.1 Å². The Kier molecular flexibility index (Phi) is 7.88. The van der Waals surface area contributed by atoms with Crippen LogP contribution in [0.1, 0.15) is 37.7 Å². The summed E-state index contributed by atoms with van der Waals surface area (Å²) < 4.78 is 49.0. The van der Waals surface area contributed by atoms with Gasteiger partial charge in [0, 0.05) is 41.4 Å². The molecule has 0 aliphatic carbocycles. The van der Waals surface area contributed by atoms with Crippen molar-refractivity contribution >= 4 is 23.6 Å². The van der Waals surface area contributed by atoms with Crippen molar-refractivity contribution in [2.75, 3.05) is 0 Å². The van der Waals surface area contributed by atoms with E-state index in [1.54, 1.807) is 19.9 Å². The third kappa shape index (κ3) is 5.76. The number of allylic oxidation sites excluding steroid dienone is 2. The molecule has 3 aromatic rings. The fraction of sp³-hybridized carbons (Fsp3) is 0.280. The zero-order valence-corrected chi connectivity index (χ0v) is 21.1. The molecule has 0 amide bonds. The van der Waals surface area contributed by atoms with Crippen molar-refractivity contribution in [3.63, 3.8) is 0 Å². The van der Waals surface area contributed by atoms with Crippen LogP contribution >= 0.6 is 11.6 Å². The van der Waals surface area contributed by atoms with Crippen LogP contribution in [0.15, 0.2) is 46.1 Å². The number of ether oxygens (including phenoxy) is 1. The average molecular weight is 520 g/mol. The lowest BCUT2D eigenvalue weighted by atomic mass is 9.92. The summed E-state index contributed by atoms with van der Waals surface area (Å²) >= 11 is 6.24. The number of pyridine rings is 3. The highest BCUT2D eigenvalue weighted by Gasteiger charge is 2.21. The summed E-state index contributed by atoms with van der Waals surface area (Å²) in [7, 11) is 0. The molecule has 3 heterocycles. The number of aliphatic imine (C=N–C) groups is 1. The first-order valence-electron chi connectivity index (χ1n) is 10.8. The van der Waals surface area contributed by atoms with Gasteiger partial charge in [-0.3, -0.25) is 14.3 Å². The van der Waals surface area contributed by atoms with E-state index in [0.29, 0.717) is 17.3 Å². The van der Waals surface area contributed by atoms with Gasteiger partial charge in [0.15, 0.2) is 17.5 Å². The number of aryl methyl sites for hydroxylation is 2. The van der Waals surface area contributed by atoms with E-state index in [-0.39, 0.29) is 39.1 Å². The maximum atomic E-state index is 15.5. The number of halogens is 4. The third-order valence-corrected chi connectivity index (χ3v) is 5.59. The Bertz CT molecular complexity index is 1430. The predicted octanol–water partition coefficient (Wildman–Crippen LogP) is 5.49. The molecule has 36 heavy (non-hydrogen) atoms. The van der Waals surface area contributed by atoms with Gasteiger partial charge in [-0.1, -0.05) is 32.4 Å². The van der Waals surface area contributed by atoms with Crippen LogP contribution in [-0.2, 0) is 6.61 Å². The van der Waals surface area contributed by atoms with Gasteiger partial charge in [-0.05, 0) is 25.5 Å². The Morgan fingerprint density at radius 3 is 2.53 bits per heavy atom. The maximum absolute atomic E-state index is 15.5. The SMILES string of the molecule is Cc1cnc(N=CC=C(N)C(C)(C)C)c(F)c1-n1c(C)cc(OCc2ncc(F)cc2F)c(Cl)c1=O. The van der Waals surface area contributed by atoms with Gasteiger partial charge in [0.1, 0.15) is 28.9 Å². The third-order valence-electron chi connectivity index (χ3n) is 5.25. The Balaban J connectivity index is 1.99. The van der Waals surface area contributed by atoms with E-state index in [1.165, 1.54) is 18.5 Å². The molecule has 3 rings (SSSR count). The first kappa shape index (κ1) is 26.9. The van der Waals surface area contributed by atoms with Crippen molar-refractivity contribution in [2.24, 2.45) is 16.1 Å². The number of aromatic nitrogens is 3. The number of hydrogen-bond acceptors (Lipinski definition) is 6. The number of nitrogens with two attached hydrogens (primary N) is 1. The van der Waals surface area contributed by atoms with Crippen molar-refractivity contribution in [2.45, 2.75) is 41.2 Å². The van der Waals surface area contributed by atoms with Crippen LogP contribution in [0.4, 0.5) is 19.0 Å². The molecule has 0 bridgehead atoms. The number of hydrogen-bond donors (Lipinski definition) is 1. The zero-order chi connectivity index (χ0) is 26.8. The van der Waals surface area contributed by atoms with Crippen LogP contribution in [0.2, 0.25) is 5.02 Å². The van der Waals surface area contributed by atoms with Gasteiger partial charge >= 0.3 is 0 Å². The fourth-order valence-corrected chi connectivity index (χ4v) is 3.31. The molecular weight excluding hydrogens is 495 g/mol. The molecule has 3 aromatic heterocycles. The van der Waals surface area contributed by atoms with Gasteiger partial charge in [-0.2, -0.15) is 0 Å². The molecule has 0 aliphatic rings. The molecule has 0 saturated heterocycles. The minimum Gasteiger partial charge on any atom is -0.485 e. The number of rotatable bonds is 6. The molecule has 0 unspecified atom stereocenters. The molecule has 0 aromatic carbocycles. The smallest absolute Gasteiger partial charge is 0.278 e. The quantitative estimate of drug-likeness (QED) is 0.435. The van der Waals surface area contributed by atoms with E-state index in [1.807, 2.05) is 20.8 Å². The molecule has 11 heteroatoms. The van der Waals surface area contributed by atoms with E-state index >= 15 is 4.39 Å². The van der Waals surface area contributed by atoms with Gasteiger partial charge in [0.2, 0.25) is 0 Å². The topological polar surface area (TPSA) is 95.4 Å². The lowest BCUT2D eigenvalue weighted by Crippen LogP contribution is -2.24. The maximum Gasteiger partial charge on any atom is 0.278 e. The second kappa shape index (κ2) is 10.5. The van der Waals surface area contributed by atoms with Crippen molar-refractivity contribution in [1.82, 2.24) is 14.5 Å². The highest BCUT2D eigenvalue weighted by molar-refractivity contribution is 6.31. The van der Waals surface area contributed by atoms with Gasteiger partial charge in [-0.25, -0.2) is 23.1 Å². The van der Waals surface area contributed by atoms with Gasteiger partial charge < -0.3 is 10.5 Å². The molecule has 0 atom stereocenters. The molecule has 0 fully saturated rings. The standard InChI is InChI=1S/C25H25ClF3N5O2/c1-13-10-33-23(31-7-6-19(30)25(3,4)5)21(29)22(13)34-14(2)8-18(20(26)24(34)35)36-12-17-16(28)9-15(27)11-32-17/h6-11H,12,30H2,1-5H3. The normalized spacial score (nSPS) is 12.4. The molecule has 0 saturated carbocycles. The Hall–Kier alpha value is -3.66. The lowest BCUT2D eigenvalue weighted by Gasteiger charge is -2.18. The Labute approximate surface area is 211 Å². The van der Waals surface area contributed by atoms with Crippen molar-refractivity contribution < 1.29 is 17.9 Å². The molecule has 0 spiro atoms. The second-order valence-corrected chi connectivity index (χ2v) is 9.43. The summed E-state index contributed by atoms with van der Waals surface area (Å²) in [5.41, 5.74) is 5.88. The van der Waals surface area contributed by atoms with Crippen molar-refractivity contribution in [1.29, 1.82) is 0 Å². The lowest BCUT2D eigenvalue weighted by molar-refractivity contribution is 0.292. The summed E-state index contributed by atoms with van der Waals surface area (Å²) in [4.78, 5) is 24.8. The molecular formula is C25H25ClF3N5O2. The first-order valence-corrected chi connectivity index (χ1v) is 11.2. The van der Waals surface area contributed by atoms with E-state index in [9.17, 15) is 13.6 Å². The van der Waals surface area contributed by atoms with E-state index < -0.39 is 29.6 Å². The number of nitrogens with zero attached hydrogens (tertiary/aromatic N) is 4. The minimum atomic E-state index is -0.905. The molecule has 0 aliphatic heterocycles. The Morgan fingerprint density at radius 1 is 1.19 bits per heavy atom. The van der Waals surface area contributed by atoms with Gasteiger partial charge in [-0.15, -0.1) is 0 Å². The second-order valence-electron chi connectivity index (χ2n) is 9.05. The summed E-state index contributed by atoms with van der Waals surface area (Å²) in [5, 5.41) is -0.357. The van der Waals surface area contributed by atoms with Crippen LogP contribution in [-0.4, -0.2) is 20.7 Å². The minimum absolute atomic E-state index is 0.0610. The highest BCUT2D eigenvalue weighted by Crippen LogP contribution is 2.29. The summed E-state index contributed by atoms with van der Waals surface area (Å²) in [5.74, 6) is -2.87. The monoisotopic (exact) mass is 519 g/mol. The molecule has 190 valence electrons. The van der Waals surface area contributed by atoms with Gasteiger partial charge in [0.05, 0.1) is 11.9 Å². The Morgan fingerprint density at radius 2 is 1.89 bits per heavy atom. The van der Waals surface area contributed by atoms with Crippen LogP contribution in [0, 0.1) is 36.7 Å². The molecule has 7 nitrogen and oxygen atoms in total. The van der Waals surface area contributed by atoms with Crippen LogP contribution in [0.3, 0.4) is 0 Å². The van der Waals surface area contributed by atoms with Crippen LogP contribution in [0.25, 0.3) is 5.69 Å². The molecule has 0 radical (unpaired) electrons. The highest BCUT2D eigenvalue weighted by atomic mass is 35.5. The predicted molar refractivity (Wildman–Crippen MR) is 133 cm³/mol. The van der Waals surface area contributed by atoms with Crippen LogP contribution in [0.5, 0.6) is 5.75 Å². The van der Waals surface area contributed by atoms with E-state index in [0.717, 1.165) is 10.8 Å². The summed E-state index contributed by atoms with van der Waals surface area (Å²) in [6.45, 7) is 8.51. The van der Waals surface area contributed by atoms with Crippen LogP contribution < -0.4 is 16.0 Å². The summed E-state index contributed by atoms with van der Waals surface area (Å²) in [6, 6.07) is 2.07. The first-order chi connectivity index (χ1) is 16.8. The van der Waals surface area contributed by atoms with E-state index in [2.05, 4.69) is 15.0 Å². The van der Waals surface area contributed by atoms with E-state index in [4.69, 9.17) is 22.1 Å². The average Bonchev–Trinajstić information content (AvgIpc) is 2.79. The zero-order valence-electron chi connectivity index (χ0n) is 20.4. The van der Waals surface area contributed by atoms with Crippen molar-refractivity contribution in [3.8, 4) is 11.4 Å². The largest absolute Gasteiger partial charge is 0.485 e.